The molecule has 1 aliphatic heterocycles. The van der Waals surface area contributed by atoms with Gasteiger partial charge in [-0.2, -0.15) is 0 Å². The van der Waals surface area contributed by atoms with Crippen molar-refractivity contribution in [2.45, 2.75) is 94.7 Å². The largest absolute Gasteiger partial charge is 0.390 e. The first-order valence-electron chi connectivity index (χ1n) is 18.5. The van der Waals surface area contributed by atoms with Gasteiger partial charge in [0.15, 0.2) is 9.84 Å². The van der Waals surface area contributed by atoms with Crippen LogP contribution in [-0.2, 0) is 31.6 Å². The van der Waals surface area contributed by atoms with Gasteiger partial charge < -0.3 is 21.1 Å². The fourth-order valence-corrected chi connectivity index (χ4v) is 8.55. The highest BCUT2D eigenvalue weighted by Gasteiger charge is 2.41. The van der Waals surface area contributed by atoms with Gasteiger partial charge in [-0.3, -0.25) is 24.3 Å². The Morgan fingerprint density at radius 2 is 1.63 bits per heavy atom. The minimum Gasteiger partial charge on any atom is -0.390 e. The maximum Gasteiger partial charge on any atom is 0.270 e. The number of nitrogens with one attached hydrogen (secondary N) is 3. The van der Waals surface area contributed by atoms with Gasteiger partial charge in [0.2, 0.25) is 11.8 Å². The molecule has 0 spiro atoms. The van der Waals surface area contributed by atoms with Gasteiger partial charge in [0.1, 0.15) is 11.7 Å². The fraction of sp³-hybridized carbons (Fsp3) is 0.439. The summed E-state index contributed by atoms with van der Waals surface area (Å²) in [6.07, 6.45) is 0.974. The number of benzene rings is 2. The number of β-amino-alcohol motifs (C(OH)–C–C–N with tert-alkyl or cyclic N) is 1. The van der Waals surface area contributed by atoms with Crippen LogP contribution in [0.4, 0.5) is 0 Å². The van der Waals surface area contributed by atoms with E-state index >= 15 is 0 Å². The van der Waals surface area contributed by atoms with Crippen LogP contribution in [-0.4, -0.2) is 94.2 Å². The van der Waals surface area contributed by atoms with Crippen LogP contribution < -0.4 is 16.0 Å². The molecule has 5 atom stereocenters. The molecule has 2 aromatic carbocycles. The molecule has 12 nitrogen and oxygen atoms in total. The Morgan fingerprint density at radius 1 is 0.926 bits per heavy atom. The lowest BCUT2D eigenvalue weighted by Gasteiger charge is -2.41. The van der Waals surface area contributed by atoms with E-state index in [1.165, 1.54) is 0 Å². The van der Waals surface area contributed by atoms with Crippen molar-refractivity contribution in [3.05, 3.63) is 108 Å². The second kappa shape index (κ2) is 17.6. The van der Waals surface area contributed by atoms with Crippen LogP contribution in [0.2, 0.25) is 0 Å². The maximum absolute atomic E-state index is 14.0. The molecule has 1 saturated heterocycles. The van der Waals surface area contributed by atoms with Crippen LogP contribution in [0.1, 0.15) is 69.2 Å². The van der Waals surface area contributed by atoms with Gasteiger partial charge in [0, 0.05) is 30.2 Å². The minimum absolute atomic E-state index is 0.00721. The summed E-state index contributed by atoms with van der Waals surface area (Å²) in [5.74, 6) is -1.84. The second-order valence-electron chi connectivity index (χ2n) is 15.5. The summed E-state index contributed by atoms with van der Waals surface area (Å²) in [6.45, 7) is 9.44. The highest BCUT2D eigenvalue weighted by Crippen LogP contribution is 2.27. The molecule has 54 heavy (non-hydrogen) atoms. The van der Waals surface area contributed by atoms with Gasteiger partial charge in [0.25, 0.3) is 5.91 Å². The number of aliphatic hydroxyl groups excluding tert-OH is 1. The quantitative estimate of drug-likeness (QED) is 0.149. The third kappa shape index (κ3) is 10.9. The number of sulfone groups is 1. The first kappa shape index (κ1) is 40.5. The van der Waals surface area contributed by atoms with Crippen molar-refractivity contribution in [2.24, 2.45) is 5.92 Å². The number of hydrogen-bond donors (Lipinski definition) is 4. The van der Waals surface area contributed by atoms with Crippen LogP contribution in [0.5, 0.6) is 0 Å². The zero-order valence-electron chi connectivity index (χ0n) is 31.6. The smallest absolute Gasteiger partial charge is 0.270 e. The molecule has 5 rings (SSSR count). The Hall–Kier alpha value is -4.72. The molecular weight excluding hydrogens is 705 g/mol. The molecule has 13 heteroatoms. The summed E-state index contributed by atoms with van der Waals surface area (Å²) in [5.41, 5.74) is 1.57. The normalized spacial score (nSPS) is 18.4. The zero-order valence-corrected chi connectivity index (χ0v) is 32.4. The monoisotopic (exact) mass is 756 g/mol. The van der Waals surface area contributed by atoms with Gasteiger partial charge >= 0.3 is 0 Å². The Balaban J connectivity index is 1.35. The number of piperidine rings is 1. The molecular formula is C41H52N6O6S. The number of nitrogens with zero attached hydrogens (tertiary/aromatic N) is 3. The predicted octanol–water partition coefficient (Wildman–Crippen LogP) is 3.84. The standard InChI is InChI=1S/C41H52N6O6S/c1-27(2)37(45-38(49)33-19-18-29-15-9-10-17-32(29)43-33)40(51)44-34(23-28-13-7-6-8-14-28)36(48)25-47-22-20-31(24-35(47)39(50)46-41(3,4)5)54(52,53)26-30-16-11-12-21-42-30/h6-19,21,27,31,34-37,48H,20,22-26H2,1-5H3,(H,44,51)(H,45,49)(H,46,50)/t31?,34?,35?,36?,37-/m0/s1. The van der Waals surface area contributed by atoms with Gasteiger partial charge in [-0.15, -0.1) is 0 Å². The van der Waals surface area contributed by atoms with Crippen molar-refractivity contribution in [2.75, 3.05) is 13.1 Å². The topological polar surface area (TPSA) is 171 Å². The Labute approximate surface area is 318 Å². The maximum atomic E-state index is 14.0. The molecule has 2 aromatic heterocycles. The number of rotatable bonds is 14. The molecule has 0 saturated carbocycles. The molecule has 4 N–H and O–H groups in total. The van der Waals surface area contributed by atoms with Gasteiger partial charge in [-0.1, -0.05) is 74.5 Å². The SMILES string of the molecule is CC(C)[C@H](NC(=O)c1ccc2ccccc2n1)C(=O)NC(Cc1ccccc1)C(O)CN1CCC(S(=O)(=O)Cc2ccccn2)CC1C(=O)NC(C)(C)C. The van der Waals surface area contributed by atoms with Crippen LogP contribution in [0.3, 0.4) is 0 Å². The molecule has 1 fully saturated rings. The lowest BCUT2D eigenvalue weighted by atomic mass is 9.95. The van der Waals surface area contributed by atoms with Crippen molar-refractivity contribution in [3.8, 4) is 0 Å². The molecule has 3 heterocycles. The number of pyridine rings is 2. The first-order chi connectivity index (χ1) is 25.6. The van der Waals surface area contributed by atoms with Crippen molar-refractivity contribution in [1.82, 2.24) is 30.8 Å². The van der Waals surface area contributed by atoms with E-state index in [4.69, 9.17) is 0 Å². The summed E-state index contributed by atoms with van der Waals surface area (Å²) >= 11 is 0. The van der Waals surface area contributed by atoms with E-state index < -0.39 is 56.7 Å². The molecule has 288 valence electrons. The molecule has 0 aliphatic carbocycles. The number of para-hydroxylation sites is 1. The molecule has 1 aliphatic rings. The molecule has 4 unspecified atom stereocenters. The Kier molecular flexibility index (Phi) is 13.2. The minimum atomic E-state index is -3.66. The van der Waals surface area contributed by atoms with Gasteiger partial charge in [-0.25, -0.2) is 13.4 Å². The van der Waals surface area contributed by atoms with E-state index in [9.17, 15) is 27.9 Å². The Morgan fingerprint density at radius 3 is 2.31 bits per heavy atom. The fourth-order valence-electron chi connectivity index (χ4n) is 6.79. The van der Waals surface area contributed by atoms with Crippen LogP contribution in [0.25, 0.3) is 10.9 Å². The summed E-state index contributed by atoms with van der Waals surface area (Å²) in [4.78, 5) is 51.6. The number of aliphatic hydroxyl groups is 1. The number of fused-ring (bicyclic) bond motifs is 1. The summed E-state index contributed by atoms with van der Waals surface area (Å²) in [5, 5.41) is 20.9. The van der Waals surface area contributed by atoms with E-state index in [-0.39, 0.29) is 55.6 Å². The van der Waals surface area contributed by atoms with E-state index in [0.717, 1.165) is 10.9 Å². The second-order valence-corrected chi connectivity index (χ2v) is 17.8. The number of carbonyl (C=O) groups excluding carboxylic acids is 3. The van der Waals surface area contributed by atoms with Crippen LogP contribution >= 0.6 is 0 Å². The van der Waals surface area contributed by atoms with Crippen molar-refractivity contribution < 1.29 is 27.9 Å². The van der Waals surface area contributed by atoms with Crippen LogP contribution in [0, 0.1) is 5.92 Å². The van der Waals surface area contributed by atoms with Crippen LogP contribution in [0.15, 0.2) is 91.1 Å². The van der Waals surface area contributed by atoms with E-state index in [1.807, 2.05) is 100 Å². The predicted molar refractivity (Wildman–Crippen MR) is 209 cm³/mol. The highest BCUT2D eigenvalue weighted by molar-refractivity contribution is 7.91. The number of likely N-dealkylation sites (tertiary alicyclic amines) is 1. The molecule has 4 aromatic rings. The van der Waals surface area contributed by atoms with E-state index in [1.54, 1.807) is 30.5 Å². The number of carbonyl (C=O) groups is 3. The summed E-state index contributed by atoms with van der Waals surface area (Å²) < 4.78 is 27.2. The number of aromatic nitrogens is 2. The van der Waals surface area contributed by atoms with E-state index in [2.05, 4.69) is 25.9 Å². The molecule has 0 radical (unpaired) electrons. The molecule has 3 amide bonds. The average molecular weight is 757 g/mol. The van der Waals surface area contributed by atoms with Crippen molar-refractivity contribution in [1.29, 1.82) is 0 Å². The zero-order chi connectivity index (χ0) is 39.0. The van der Waals surface area contributed by atoms with Gasteiger partial charge in [-0.05, 0) is 75.8 Å². The molecule has 0 bridgehead atoms. The third-order valence-electron chi connectivity index (χ3n) is 9.63. The van der Waals surface area contributed by atoms with E-state index in [0.29, 0.717) is 11.2 Å². The average Bonchev–Trinajstić information content (AvgIpc) is 3.13. The third-order valence-corrected chi connectivity index (χ3v) is 11.8. The first-order valence-corrected chi connectivity index (χ1v) is 20.2. The highest BCUT2D eigenvalue weighted by atomic mass is 32.2. The number of hydrogen-bond acceptors (Lipinski definition) is 9. The lowest BCUT2D eigenvalue weighted by molar-refractivity contribution is -0.130. The summed E-state index contributed by atoms with van der Waals surface area (Å²) in [6, 6.07) is 22.8. The number of amides is 3. The van der Waals surface area contributed by atoms with Crippen molar-refractivity contribution in [3.63, 3.8) is 0 Å². The lowest BCUT2D eigenvalue weighted by Crippen LogP contribution is -2.60. The van der Waals surface area contributed by atoms with Gasteiger partial charge in [0.05, 0.1) is 40.4 Å². The Bertz CT molecular complexity index is 2000. The van der Waals surface area contributed by atoms with Crippen molar-refractivity contribution >= 4 is 38.5 Å². The summed E-state index contributed by atoms with van der Waals surface area (Å²) in [7, 11) is -3.66.